The summed E-state index contributed by atoms with van der Waals surface area (Å²) < 4.78 is 5.13. The van der Waals surface area contributed by atoms with Crippen LogP contribution in [0.25, 0.3) is 0 Å². The highest BCUT2D eigenvalue weighted by molar-refractivity contribution is 6.32. The quantitative estimate of drug-likeness (QED) is 0.665. The zero-order chi connectivity index (χ0) is 19.4. The number of nitrogens with one attached hydrogen (secondary N) is 2. The van der Waals surface area contributed by atoms with Gasteiger partial charge in [-0.2, -0.15) is 0 Å². The minimum Gasteiger partial charge on any atom is -0.495 e. The van der Waals surface area contributed by atoms with Crippen molar-refractivity contribution in [2.24, 2.45) is 0 Å². The Labute approximate surface area is 162 Å². The van der Waals surface area contributed by atoms with Crippen LogP contribution in [0.3, 0.4) is 0 Å². The molecule has 6 nitrogen and oxygen atoms in total. The highest BCUT2D eigenvalue weighted by atomic mass is 35.5. The van der Waals surface area contributed by atoms with Gasteiger partial charge in [0.25, 0.3) is 5.91 Å². The van der Waals surface area contributed by atoms with Gasteiger partial charge in [0.15, 0.2) is 0 Å². The average Bonchev–Trinajstić information content (AvgIpc) is 2.65. The van der Waals surface area contributed by atoms with Crippen LogP contribution in [0.4, 0.5) is 17.3 Å². The molecule has 0 saturated heterocycles. The van der Waals surface area contributed by atoms with Crippen molar-refractivity contribution in [3.05, 3.63) is 70.5 Å². The Balaban J connectivity index is 1.77. The summed E-state index contributed by atoms with van der Waals surface area (Å²) in [7, 11) is 1.55. The molecule has 0 saturated carbocycles. The van der Waals surface area contributed by atoms with E-state index in [1.165, 1.54) is 6.20 Å². The van der Waals surface area contributed by atoms with E-state index in [0.29, 0.717) is 22.4 Å². The molecule has 3 aromatic rings. The zero-order valence-electron chi connectivity index (χ0n) is 15.2. The van der Waals surface area contributed by atoms with Crippen LogP contribution in [-0.4, -0.2) is 23.0 Å². The molecule has 2 aromatic carbocycles. The van der Waals surface area contributed by atoms with Crippen molar-refractivity contribution in [2.75, 3.05) is 17.7 Å². The lowest BCUT2D eigenvalue weighted by Crippen LogP contribution is -2.15. The second-order valence-corrected chi connectivity index (χ2v) is 6.42. The second-order valence-electron chi connectivity index (χ2n) is 6.01. The molecule has 138 valence electrons. The highest BCUT2D eigenvalue weighted by Crippen LogP contribution is 2.28. The molecule has 0 aliphatic rings. The van der Waals surface area contributed by atoms with Crippen molar-refractivity contribution < 1.29 is 9.53 Å². The van der Waals surface area contributed by atoms with Crippen molar-refractivity contribution in [1.29, 1.82) is 0 Å². The third-order valence-corrected chi connectivity index (χ3v) is 4.23. The van der Waals surface area contributed by atoms with Gasteiger partial charge in [0.2, 0.25) is 5.95 Å². The van der Waals surface area contributed by atoms with Gasteiger partial charge in [-0.3, -0.25) is 4.79 Å². The predicted molar refractivity (Wildman–Crippen MR) is 107 cm³/mol. The lowest BCUT2D eigenvalue weighted by atomic mass is 10.1. The molecule has 0 aliphatic heterocycles. The number of benzene rings is 2. The SMILES string of the molecule is COc1ccc(Nc2nccc(C(=O)Nc3cc(C)ccc3C)n2)cc1Cl. The van der Waals surface area contributed by atoms with E-state index >= 15 is 0 Å². The first kappa shape index (κ1) is 18.7. The fraction of sp³-hybridized carbons (Fsp3) is 0.150. The molecule has 7 heteroatoms. The summed E-state index contributed by atoms with van der Waals surface area (Å²) in [5, 5.41) is 6.39. The van der Waals surface area contributed by atoms with Crippen molar-refractivity contribution in [3.63, 3.8) is 0 Å². The maximum absolute atomic E-state index is 12.6. The highest BCUT2D eigenvalue weighted by Gasteiger charge is 2.11. The standard InChI is InChI=1S/C20H19ClN4O2/c1-12-4-5-13(2)17(10-12)24-19(26)16-8-9-22-20(25-16)23-14-6-7-18(27-3)15(21)11-14/h4-11H,1-3H3,(H,24,26)(H,22,23,25). The van der Waals surface area contributed by atoms with Gasteiger partial charge in [0.05, 0.1) is 12.1 Å². The summed E-state index contributed by atoms with van der Waals surface area (Å²) in [6.07, 6.45) is 1.53. The monoisotopic (exact) mass is 382 g/mol. The first-order valence-corrected chi connectivity index (χ1v) is 8.66. The van der Waals surface area contributed by atoms with Crippen molar-refractivity contribution in [3.8, 4) is 5.75 Å². The first-order valence-electron chi connectivity index (χ1n) is 8.28. The number of methoxy groups -OCH3 is 1. The molecule has 0 radical (unpaired) electrons. The van der Waals surface area contributed by atoms with Crippen molar-refractivity contribution in [2.45, 2.75) is 13.8 Å². The van der Waals surface area contributed by atoms with E-state index in [4.69, 9.17) is 16.3 Å². The molecule has 3 rings (SSSR count). The van der Waals surface area contributed by atoms with Gasteiger partial charge in [-0.25, -0.2) is 9.97 Å². The number of aromatic nitrogens is 2. The van der Waals surface area contributed by atoms with E-state index in [-0.39, 0.29) is 11.6 Å². The summed E-state index contributed by atoms with van der Waals surface area (Å²) >= 11 is 6.13. The molecule has 1 aromatic heterocycles. The molecule has 0 aliphatic carbocycles. The van der Waals surface area contributed by atoms with Crippen LogP contribution in [0.2, 0.25) is 5.02 Å². The number of hydrogen-bond donors (Lipinski definition) is 2. The largest absolute Gasteiger partial charge is 0.495 e. The third kappa shape index (κ3) is 4.54. The van der Waals surface area contributed by atoms with E-state index in [2.05, 4.69) is 20.6 Å². The fourth-order valence-electron chi connectivity index (χ4n) is 2.48. The van der Waals surface area contributed by atoms with Crippen LogP contribution in [0.5, 0.6) is 5.75 Å². The van der Waals surface area contributed by atoms with Gasteiger partial charge in [-0.05, 0) is 55.3 Å². The number of carbonyl (C=O) groups excluding carboxylic acids is 1. The molecule has 0 spiro atoms. The lowest BCUT2D eigenvalue weighted by Gasteiger charge is -2.10. The average molecular weight is 383 g/mol. The number of rotatable bonds is 5. The first-order chi connectivity index (χ1) is 13.0. The van der Waals surface area contributed by atoms with Crippen LogP contribution in [0.15, 0.2) is 48.7 Å². The van der Waals surface area contributed by atoms with E-state index < -0.39 is 0 Å². The Morgan fingerprint density at radius 1 is 1.11 bits per heavy atom. The van der Waals surface area contributed by atoms with Crippen molar-refractivity contribution in [1.82, 2.24) is 9.97 Å². The maximum atomic E-state index is 12.6. The molecular formula is C20H19ClN4O2. The molecule has 1 amide bonds. The molecule has 1 heterocycles. The van der Waals surface area contributed by atoms with Crippen molar-refractivity contribution >= 4 is 34.8 Å². The van der Waals surface area contributed by atoms with Crippen LogP contribution >= 0.6 is 11.6 Å². The van der Waals surface area contributed by atoms with E-state index in [1.807, 2.05) is 32.0 Å². The number of halogens is 1. The number of amides is 1. The number of ether oxygens (including phenoxy) is 1. The molecule has 2 N–H and O–H groups in total. The Morgan fingerprint density at radius 3 is 2.67 bits per heavy atom. The molecule has 0 fully saturated rings. The minimum atomic E-state index is -0.304. The van der Waals surface area contributed by atoms with Gasteiger partial charge in [-0.1, -0.05) is 23.7 Å². The smallest absolute Gasteiger partial charge is 0.274 e. The number of hydrogen-bond acceptors (Lipinski definition) is 5. The predicted octanol–water partition coefficient (Wildman–Crippen LogP) is 4.75. The Bertz CT molecular complexity index is 991. The molecule has 0 bridgehead atoms. The van der Waals surface area contributed by atoms with Gasteiger partial charge in [0.1, 0.15) is 11.4 Å². The summed E-state index contributed by atoms with van der Waals surface area (Å²) in [5.41, 5.74) is 3.75. The van der Waals surface area contributed by atoms with E-state index in [0.717, 1.165) is 16.8 Å². The van der Waals surface area contributed by atoms with Crippen LogP contribution < -0.4 is 15.4 Å². The number of aryl methyl sites for hydroxylation is 2. The Hall–Kier alpha value is -3.12. The van der Waals surface area contributed by atoms with Crippen LogP contribution in [-0.2, 0) is 0 Å². The summed E-state index contributed by atoms with van der Waals surface area (Å²) in [6.45, 7) is 3.91. The molecular weight excluding hydrogens is 364 g/mol. The van der Waals surface area contributed by atoms with E-state index in [1.54, 1.807) is 31.4 Å². The molecule has 0 atom stereocenters. The van der Waals surface area contributed by atoms with Gasteiger partial charge >= 0.3 is 0 Å². The van der Waals surface area contributed by atoms with Crippen LogP contribution in [0, 0.1) is 13.8 Å². The second kappa shape index (κ2) is 8.05. The zero-order valence-corrected chi connectivity index (χ0v) is 16.0. The summed E-state index contributed by atoms with van der Waals surface area (Å²) in [5.74, 6) is 0.566. The number of carbonyl (C=O) groups is 1. The topological polar surface area (TPSA) is 76.1 Å². The van der Waals surface area contributed by atoms with Gasteiger partial charge in [-0.15, -0.1) is 0 Å². The number of nitrogens with zero attached hydrogens (tertiary/aromatic N) is 2. The Morgan fingerprint density at radius 2 is 1.93 bits per heavy atom. The minimum absolute atomic E-state index is 0.257. The van der Waals surface area contributed by atoms with Gasteiger partial charge < -0.3 is 15.4 Å². The lowest BCUT2D eigenvalue weighted by molar-refractivity contribution is 0.102. The van der Waals surface area contributed by atoms with Crippen LogP contribution in [0.1, 0.15) is 21.6 Å². The van der Waals surface area contributed by atoms with E-state index in [9.17, 15) is 4.79 Å². The van der Waals surface area contributed by atoms with Gasteiger partial charge in [0, 0.05) is 17.6 Å². The summed E-state index contributed by atoms with van der Waals surface area (Å²) in [6, 6.07) is 12.7. The Kier molecular flexibility index (Phi) is 5.57. The third-order valence-electron chi connectivity index (χ3n) is 3.94. The summed E-state index contributed by atoms with van der Waals surface area (Å²) in [4.78, 5) is 21.0. The number of anilines is 3. The fourth-order valence-corrected chi connectivity index (χ4v) is 2.73. The molecule has 0 unspecified atom stereocenters. The normalized spacial score (nSPS) is 10.4. The maximum Gasteiger partial charge on any atom is 0.274 e. The molecule has 27 heavy (non-hydrogen) atoms.